The Morgan fingerprint density at radius 3 is 2.70 bits per heavy atom. The number of hydrogen-bond acceptors (Lipinski definition) is 3. The van der Waals surface area contributed by atoms with Crippen molar-refractivity contribution in [1.82, 2.24) is 4.90 Å². The first-order valence-corrected chi connectivity index (χ1v) is 7.88. The van der Waals surface area contributed by atoms with Crippen LogP contribution < -0.4 is 11.1 Å². The molecule has 1 aliphatic rings. The van der Waals surface area contributed by atoms with Gasteiger partial charge >= 0.3 is 0 Å². The van der Waals surface area contributed by atoms with Gasteiger partial charge in [0.2, 0.25) is 5.91 Å². The highest BCUT2D eigenvalue weighted by Gasteiger charge is 2.23. The minimum atomic E-state index is 0.0381. The molecule has 1 amide bonds. The molecule has 1 aromatic rings. The summed E-state index contributed by atoms with van der Waals surface area (Å²) in [6, 6.07) is 7.91. The average Bonchev–Trinajstić information content (AvgIpc) is 2.42. The number of nitrogens with zero attached hydrogens (tertiary/aromatic N) is 1. The van der Waals surface area contributed by atoms with Gasteiger partial charge < -0.3 is 11.1 Å². The number of amides is 1. The Bertz CT molecular complexity index is 456. The molecule has 0 aliphatic carbocycles. The third kappa shape index (κ3) is 4.30. The van der Waals surface area contributed by atoms with E-state index in [-0.39, 0.29) is 11.9 Å². The van der Waals surface area contributed by atoms with Gasteiger partial charge in [-0.05, 0) is 66.8 Å². The summed E-state index contributed by atoms with van der Waals surface area (Å²) in [5, 5.41) is 2.94. The Morgan fingerprint density at radius 2 is 2.10 bits per heavy atom. The fourth-order valence-electron chi connectivity index (χ4n) is 2.59. The summed E-state index contributed by atoms with van der Waals surface area (Å²) in [5.41, 5.74) is 6.75. The van der Waals surface area contributed by atoms with Gasteiger partial charge in [0.25, 0.3) is 0 Å². The summed E-state index contributed by atoms with van der Waals surface area (Å²) >= 11 is 3.43. The summed E-state index contributed by atoms with van der Waals surface area (Å²) in [5.74, 6) is 0.633. The van der Waals surface area contributed by atoms with Crippen LogP contribution in [0.5, 0.6) is 0 Å². The summed E-state index contributed by atoms with van der Waals surface area (Å²) in [7, 11) is 0. The molecule has 1 aromatic carbocycles. The maximum Gasteiger partial charge on any atom is 0.238 e. The highest BCUT2D eigenvalue weighted by molar-refractivity contribution is 9.10. The van der Waals surface area contributed by atoms with Gasteiger partial charge in [0, 0.05) is 10.5 Å². The molecule has 0 bridgehead atoms. The average molecular weight is 340 g/mol. The van der Waals surface area contributed by atoms with E-state index in [4.69, 9.17) is 5.73 Å². The van der Waals surface area contributed by atoms with E-state index in [1.165, 1.54) is 0 Å². The molecule has 0 spiro atoms. The van der Waals surface area contributed by atoms with E-state index in [0.29, 0.717) is 12.5 Å². The van der Waals surface area contributed by atoms with E-state index in [0.717, 1.165) is 36.1 Å². The van der Waals surface area contributed by atoms with Crippen LogP contribution in [0, 0.1) is 5.92 Å². The highest BCUT2D eigenvalue weighted by Crippen LogP contribution is 2.22. The zero-order valence-corrected chi connectivity index (χ0v) is 13.4. The van der Waals surface area contributed by atoms with Crippen molar-refractivity contribution >= 4 is 27.5 Å². The van der Waals surface area contributed by atoms with E-state index in [2.05, 4.69) is 33.1 Å². The van der Waals surface area contributed by atoms with Crippen molar-refractivity contribution in [2.45, 2.75) is 25.8 Å². The Balaban J connectivity index is 1.80. The van der Waals surface area contributed by atoms with Gasteiger partial charge in [0.15, 0.2) is 0 Å². The SMILES string of the molecule is CC(N)C1CCN(CC(=O)Nc2ccccc2Br)CC1. The standard InChI is InChI=1S/C15H22BrN3O/c1-11(17)12-6-8-19(9-7-12)10-15(20)18-14-5-3-2-4-13(14)16/h2-5,11-12H,6-10,17H2,1H3,(H,18,20). The lowest BCUT2D eigenvalue weighted by molar-refractivity contribution is -0.117. The van der Waals surface area contributed by atoms with E-state index in [1.54, 1.807) is 0 Å². The molecule has 5 heteroatoms. The fourth-order valence-corrected chi connectivity index (χ4v) is 2.98. The molecule has 1 aliphatic heterocycles. The topological polar surface area (TPSA) is 58.4 Å². The number of nitrogens with two attached hydrogens (primary N) is 1. The lowest BCUT2D eigenvalue weighted by atomic mass is 9.91. The molecule has 1 atom stereocenters. The van der Waals surface area contributed by atoms with Crippen molar-refractivity contribution in [2.75, 3.05) is 25.0 Å². The van der Waals surface area contributed by atoms with Gasteiger partial charge in [-0.15, -0.1) is 0 Å². The number of para-hydroxylation sites is 1. The molecule has 20 heavy (non-hydrogen) atoms. The van der Waals surface area contributed by atoms with Crippen molar-refractivity contribution in [3.05, 3.63) is 28.7 Å². The molecule has 4 nitrogen and oxygen atoms in total. The quantitative estimate of drug-likeness (QED) is 0.885. The van der Waals surface area contributed by atoms with Gasteiger partial charge in [0.05, 0.1) is 12.2 Å². The first kappa shape index (κ1) is 15.5. The van der Waals surface area contributed by atoms with Gasteiger partial charge in [-0.2, -0.15) is 0 Å². The van der Waals surface area contributed by atoms with Crippen LogP contribution in [0.4, 0.5) is 5.69 Å². The minimum absolute atomic E-state index is 0.0381. The zero-order chi connectivity index (χ0) is 14.5. The first-order valence-electron chi connectivity index (χ1n) is 7.08. The summed E-state index contributed by atoms with van der Waals surface area (Å²) in [6.07, 6.45) is 2.17. The molecule has 0 radical (unpaired) electrons. The largest absolute Gasteiger partial charge is 0.328 e. The maximum absolute atomic E-state index is 12.0. The van der Waals surface area contributed by atoms with Crippen molar-refractivity contribution in [2.24, 2.45) is 11.7 Å². The Hall–Kier alpha value is -0.910. The van der Waals surface area contributed by atoms with E-state index in [1.807, 2.05) is 24.3 Å². The lowest BCUT2D eigenvalue weighted by Gasteiger charge is -2.33. The van der Waals surface area contributed by atoms with E-state index in [9.17, 15) is 4.79 Å². The summed E-state index contributed by atoms with van der Waals surface area (Å²) < 4.78 is 0.906. The van der Waals surface area contributed by atoms with Crippen molar-refractivity contribution in [3.8, 4) is 0 Å². The number of rotatable bonds is 4. The second-order valence-corrected chi connectivity index (χ2v) is 6.36. The molecule has 3 N–H and O–H groups in total. The normalized spacial score (nSPS) is 18.8. The van der Waals surface area contributed by atoms with Crippen LogP contribution >= 0.6 is 15.9 Å². The molecule has 2 rings (SSSR count). The van der Waals surface area contributed by atoms with Crippen LogP contribution in [0.2, 0.25) is 0 Å². The molecule has 1 unspecified atom stereocenters. The van der Waals surface area contributed by atoms with Crippen LogP contribution in [-0.2, 0) is 4.79 Å². The number of nitrogens with one attached hydrogen (secondary N) is 1. The number of hydrogen-bond donors (Lipinski definition) is 2. The molecule has 0 aromatic heterocycles. The lowest BCUT2D eigenvalue weighted by Crippen LogP contribution is -2.42. The fraction of sp³-hybridized carbons (Fsp3) is 0.533. The van der Waals surface area contributed by atoms with Crippen molar-refractivity contribution in [3.63, 3.8) is 0 Å². The molecular formula is C15H22BrN3O. The number of piperidine rings is 1. The number of carbonyl (C=O) groups excluding carboxylic acids is 1. The number of carbonyl (C=O) groups is 1. The summed E-state index contributed by atoms with van der Waals surface area (Å²) in [4.78, 5) is 14.2. The van der Waals surface area contributed by atoms with E-state index >= 15 is 0 Å². The van der Waals surface area contributed by atoms with Crippen molar-refractivity contribution < 1.29 is 4.79 Å². The molecule has 1 saturated heterocycles. The predicted molar refractivity (Wildman–Crippen MR) is 85.6 cm³/mol. The third-order valence-corrected chi connectivity index (χ3v) is 4.58. The second-order valence-electron chi connectivity index (χ2n) is 5.50. The molecule has 0 saturated carbocycles. The Kier molecular flexibility index (Phi) is 5.57. The summed E-state index contributed by atoms with van der Waals surface area (Å²) in [6.45, 7) is 4.43. The van der Waals surface area contributed by atoms with Crippen LogP contribution in [0.3, 0.4) is 0 Å². The first-order chi connectivity index (χ1) is 9.56. The van der Waals surface area contributed by atoms with Crippen LogP contribution in [-0.4, -0.2) is 36.5 Å². The number of halogens is 1. The maximum atomic E-state index is 12.0. The van der Waals surface area contributed by atoms with Crippen molar-refractivity contribution in [1.29, 1.82) is 0 Å². The van der Waals surface area contributed by atoms with E-state index < -0.39 is 0 Å². The molecular weight excluding hydrogens is 318 g/mol. The van der Waals surface area contributed by atoms with Crippen LogP contribution in [0.25, 0.3) is 0 Å². The van der Waals surface area contributed by atoms with Gasteiger partial charge in [0.1, 0.15) is 0 Å². The molecule has 1 fully saturated rings. The Labute approximate surface area is 128 Å². The molecule has 1 heterocycles. The number of likely N-dealkylation sites (tertiary alicyclic amines) is 1. The predicted octanol–water partition coefficient (Wildman–Crippen LogP) is 2.45. The van der Waals surface area contributed by atoms with Gasteiger partial charge in [-0.25, -0.2) is 0 Å². The smallest absolute Gasteiger partial charge is 0.238 e. The molecule has 110 valence electrons. The number of benzene rings is 1. The highest BCUT2D eigenvalue weighted by atomic mass is 79.9. The third-order valence-electron chi connectivity index (χ3n) is 3.89. The minimum Gasteiger partial charge on any atom is -0.328 e. The van der Waals surface area contributed by atoms with Crippen LogP contribution in [0.1, 0.15) is 19.8 Å². The van der Waals surface area contributed by atoms with Gasteiger partial charge in [-0.1, -0.05) is 12.1 Å². The van der Waals surface area contributed by atoms with Gasteiger partial charge in [-0.3, -0.25) is 9.69 Å². The number of anilines is 1. The Morgan fingerprint density at radius 1 is 1.45 bits per heavy atom. The zero-order valence-electron chi connectivity index (χ0n) is 11.8. The van der Waals surface area contributed by atoms with Crippen LogP contribution in [0.15, 0.2) is 28.7 Å². The monoisotopic (exact) mass is 339 g/mol. The second kappa shape index (κ2) is 7.20.